The molecule has 96 valence electrons. The summed E-state index contributed by atoms with van der Waals surface area (Å²) in [6.45, 7) is -0.112. The number of hydrogen-bond donors (Lipinski definition) is 2. The lowest BCUT2D eigenvalue weighted by atomic mass is 10.3. The van der Waals surface area contributed by atoms with Gasteiger partial charge in [-0.3, -0.25) is 0 Å². The van der Waals surface area contributed by atoms with E-state index in [1.54, 1.807) is 48.5 Å². The second kappa shape index (κ2) is 6.35. The average Bonchev–Trinajstić information content (AvgIpc) is 2.44. The molecular formula is C14H12N2O3. The molecule has 0 atom stereocenters. The van der Waals surface area contributed by atoms with Crippen molar-refractivity contribution in [2.24, 2.45) is 4.99 Å². The van der Waals surface area contributed by atoms with Crippen LogP contribution in [0.15, 0.2) is 53.5 Å². The van der Waals surface area contributed by atoms with Gasteiger partial charge in [0.05, 0.1) is 5.69 Å². The van der Waals surface area contributed by atoms with Gasteiger partial charge in [0.25, 0.3) is 0 Å². The number of benzene rings is 2. The summed E-state index contributed by atoms with van der Waals surface area (Å²) < 4.78 is 5.61. The molecule has 0 amide bonds. The Kier molecular flexibility index (Phi) is 4.29. The van der Waals surface area contributed by atoms with E-state index in [0.29, 0.717) is 17.2 Å². The zero-order valence-corrected chi connectivity index (χ0v) is 10.0. The van der Waals surface area contributed by atoms with Gasteiger partial charge < -0.3 is 15.2 Å². The number of hydrogen-bond acceptors (Lipinski definition) is 5. The SMILES string of the molecule is O=C=Nc1ccc(Oc2ccc(NCO)cc2)cc1. The molecule has 0 aliphatic carbocycles. The van der Waals surface area contributed by atoms with Crippen LogP contribution in [-0.4, -0.2) is 17.9 Å². The molecule has 0 saturated heterocycles. The van der Waals surface area contributed by atoms with Gasteiger partial charge in [-0.15, -0.1) is 0 Å². The topological polar surface area (TPSA) is 70.9 Å². The molecule has 5 nitrogen and oxygen atoms in total. The first kappa shape index (κ1) is 12.8. The van der Waals surface area contributed by atoms with Crippen molar-refractivity contribution in [3.63, 3.8) is 0 Å². The lowest BCUT2D eigenvalue weighted by Crippen LogP contribution is -1.98. The predicted octanol–water partition coefficient (Wildman–Crippen LogP) is 2.81. The number of aliphatic hydroxyl groups excluding tert-OH is 1. The Morgan fingerprint density at radius 1 is 1.05 bits per heavy atom. The quantitative estimate of drug-likeness (QED) is 0.490. The number of rotatable bonds is 5. The molecule has 0 bridgehead atoms. The molecule has 0 unspecified atom stereocenters. The van der Waals surface area contributed by atoms with Crippen LogP contribution in [0.4, 0.5) is 11.4 Å². The van der Waals surface area contributed by atoms with Crippen molar-refractivity contribution in [2.45, 2.75) is 0 Å². The van der Waals surface area contributed by atoms with Gasteiger partial charge in [-0.25, -0.2) is 4.79 Å². The van der Waals surface area contributed by atoms with E-state index in [4.69, 9.17) is 9.84 Å². The van der Waals surface area contributed by atoms with Gasteiger partial charge >= 0.3 is 0 Å². The minimum atomic E-state index is -0.112. The maximum atomic E-state index is 10.1. The Hall–Kier alpha value is -2.62. The number of nitrogens with one attached hydrogen (secondary N) is 1. The molecule has 0 heterocycles. The minimum Gasteiger partial charge on any atom is -0.457 e. The summed E-state index contributed by atoms with van der Waals surface area (Å²) in [5.74, 6) is 1.32. The molecule has 2 N–H and O–H groups in total. The molecule has 19 heavy (non-hydrogen) atoms. The first-order chi connectivity index (χ1) is 9.31. The maximum absolute atomic E-state index is 10.1. The smallest absolute Gasteiger partial charge is 0.240 e. The van der Waals surface area contributed by atoms with Gasteiger partial charge in [0.2, 0.25) is 6.08 Å². The van der Waals surface area contributed by atoms with Crippen LogP contribution in [0.5, 0.6) is 11.5 Å². The Morgan fingerprint density at radius 2 is 1.63 bits per heavy atom. The highest BCUT2D eigenvalue weighted by Gasteiger charge is 1.98. The van der Waals surface area contributed by atoms with Crippen molar-refractivity contribution in [1.29, 1.82) is 0 Å². The standard InChI is InChI=1S/C14H12N2O3/c17-9-15-11-1-5-13(6-2-11)19-14-7-3-12(4-8-14)16-10-18/h1-8,15,17H,9H2. The fourth-order valence-corrected chi connectivity index (χ4v) is 1.51. The van der Waals surface area contributed by atoms with Crippen molar-refractivity contribution >= 4 is 17.5 Å². The van der Waals surface area contributed by atoms with E-state index in [2.05, 4.69) is 10.3 Å². The van der Waals surface area contributed by atoms with E-state index < -0.39 is 0 Å². The molecule has 0 aliphatic heterocycles. The van der Waals surface area contributed by atoms with Crippen molar-refractivity contribution in [3.05, 3.63) is 48.5 Å². The normalized spacial score (nSPS) is 9.53. The molecule has 2 rings (SSSR count). The Balaban J connectivity index is 2.05. The fourth-order valence-electron chi connectivity index (χ4n) is 1.51. The monoisotopic (exact) mass is 256 g/mol. The minimum absolute atomic E-state index is 0.112. The Bertz CT molecular complexity index is 573. The molecule has 0 fully saturated rings. The summed E-state index contributed by atoms with van der Waals surface area (Å²) in [5.41, 5.74) is 1.34. The summed E-state index contributed by atoms with van der Waals surface area (Å²) in [6.07, 6.45) is 1.48. The lowest BCUT2D eigenvalue weighted by Gasteiger charge is -2.07. The molecule has 2 aromatic carbocycles. The molecule has 0 aliphatic rings. The summed E-state index contributed by atoms with van der Waals surface area (Å²) in [7, 11) is 0. The van der Waals surface area contributed by atoms with Crippen LogP contribution in [0.3, 0.4) is 0 Å². The molecule has 0 saturated carbocycles. The van der Waals surface area contributed by atoms with E-state index in [1.807, 2.05) is 0 Å². The third-order valence-electron chi connectivity index (χ3n) is 2.38. The van der Waals surface area contributed by atoms with E-state index in [1.165, 1.54) is 6.08 Å². The van der Waals surface area contributed by atoms with E-state index in [0.717, 1.165) is 5.69 Å². The maximum Gasteiger partial charge on any atom is 0.240 e. The molecule has 0 aromatic heterocycles. The van der Waals surface area contributed by atoms with Crippen LogP contribution in [-0.2, 0) is 4.79 Å². The third-order valence-corrected chi connectivity index (χ3v) is 2.38. The molecular weight excluding hydrogens is 244 g/mol. The van der Waals surface area contributed by atoms with Gasteiger partial charge in [0.15, 0.2) is 0 Å². The number of ether oxygens (including phenoxy) is 1. The number of nitrogens with zero attached hydrogens (tertiary/aromatic N) is 1. The summed E-state index contributed by atoms with van der Waals surface area (Å²) in [6, 6.07) is 14.0. The highest BCUT2D eigenvalue weighted by Crippen LogP contribution is 2.24. The number of carbonyl (C=O) groups excluding carboxylic acids is 1. The van der Waals surface area contributed by atoms with Crippen molar-refractivity contribution < 1.29 is 14.6 Å². The third kappa shape index (κ3) is 3.67. The van der Waals surface area contributed by atoms with Crippen LogP contribution in [0.2, 0.25) is 0 Å². The Morgan fingerprint density at radius 3 is 2.16 bits per heavy atom. The first-order valence-electron chi connectivity index (χ1n) is 5.62. The van der Waals surface area contributed by atoms with Crippen LogP contribution in [0.25, 0.3) is 0 Å². The van der Waals surface area contributed by atoms with Gasteiger partial charge in [0, 0.05) is 5.69 Å². The summed E-state index contributed by atoms with van der Waals surface area (Å²) >= 11 is 0. The average molecular weight is 256 g/mol. The summed E-state index contributed by atoms with van der Waals surface area (Å²) in [5, 5.41) is 11.5. The predicted molar refractivity (Wildman–Crippen MR) is 71.4 cm³/mol. The van der Waals surface area contributed by atoms with E-state index >= 15 is 0 Å². The molecule has 0 radical (unpaired) electrons. The highest BCUT2D eigenvalue weighted by molar-refractivity contribution is 5.51. The van der Waals surface area contributed by atoms with E-state index in [-0.39, 0.29) is 6.73 Å². The van der Waals surface area contributed by atoms with E-state index in [9.17, 15) is 4.79 Å². The summed E-state index contributed by atoms with van der Waals surface area (Å²) in [4.78, 5) is 13.6. The van der Waals surface area contributed by atoms with Crippen LogP contribution in [0.1, 0.15) is 0 Å². The van der Waals surface area contributed by atoms with Gasteiger partial charge in [-0.1, -0.05) is 0 Å². The molecule has 2 aromatic rings. The van der Waals surface area contributed by atoms with Gasteiger partial charge in [-0.05, 0) is 48.5 Å². The fraction of sp³-hybridized carbons (Fsp3) is 0.0714. The second-order valence-electron chi connectivity index (χ2n) is 3.66. The van der Waals surface area contributed by atoms with Crippen molar-refractivity contribution in [2.75, 3.05) is 12.0 Å². The zero-order chi connectivity index (χ0) is 13.5. The second-order valence-corrected chi connectivity index (χ2v) is 3.66. The number of aliphatic hydroxyl groups is 1. The highest BCUT2D eigenvalue weighted by atomic mass is 16.5. The first-order valence-corrected chi connectivity index (χ1v) is 5.62. The van der Waals surface area contributed by atoms with Crippen molar-refractivity contribution in [1.82, 2.24) is 0 Å². The number of anilines is 1. The van der Waals surface area contributed by atoms with Crippen LogP contribution < -0.4 is 10.1 Å². The lowest BCUT2D eigenvalue weighted by molar-refractivity contribution is 0.325. The molecule has 5 heteroatoms. The van der Waals surface area contributed by atoms with Crippen LogP contribution >= 0.6 is 0 Å². The molecule has 0 spiro atoms. The van der Waals surface area contributed by atoms with Crippen LogP contribution in [0, 0.1) is 0 Å². The van der Waals surface area contributed by atoms with Gasteiger partial charge in [0.1, 0.15) is 18.2 Å². The largest absolute Gasteiger partial charge is 0.457 e. The van der Waals surface area contributed by atoms with Crippen molar-refractivity contribution in [3.8, 4) is 11.5 Å². The zero-order valence-electron chi connectivity index (χ0n) is 10.0. The number of isocyanates is 1. The van der Waals surface area contributed by atoms with Gasteiger partial charge in [-0.2, -0.15) is 4.99 Å². The number of aliphatic imine (C=N–C) groups is 1. The Labute approximate surface area is 110 Å².